The highest BCUT2D eigenvalue weighted by Gasteiger charge is 1.88. The Balaban J connectivity index is 2.63. The fourth-order valence-electron chi connectivity index (χ4n) is 0.899. The van der Waals surface area contributed by atoms with Crippen molar-refractivity contribution in [3.8, 4) is 5.75 Å². The molecule has 0 bridgehead atoms. The highest BCUT2D eigenvalue weighted by atomic mass is 16.5. The third-order valence-corrected chi connectivity index (χ3v) is 1.56. The van der Waals surface area contributed by atoms with Gasteiger partial charge in [-0.3, -0.25) is 4.79 Å². The number of ether oxygens (including phenoxy) is 1. The van der Waals surface area contributed by atoms with Crippen molar-refractivity contribution < 1.29 is 9.53 Å². The van der Waals surface area contributed by atoms with Gasteiger partial charge in [-0.1, -0.05) is 12.1 Å². The van der Waals surface area contributed by atoms with Crippen LogP contribution < -0.4 is 10.1 Å². The van der Waals surface area contributed by atoms with Gasteiger partial charge in [0.2, 0.25) is 6.41 Å². The Bertz CT molecular complexity index is 290. The van der Waals surface area contributed by atoms with E-state index in [9.17, 15) is 4.79 Å². The van der Waals surface area contributed by atoms with Crippen LogP contribution in [0.5, 0.6) is 5.75 Å². The van der Waals surface area contributed by atoms with E-state index < -0.39 is 0 Å². The fourth-order valence-corrected chi connectivity index (χ4v) is 0.899. The molecule has 1 rings (SSSR count). The molecule has 0 fully saturated rings. The van der Waals surface area contributed by atoms with Crippen LogP contribution in [0.2, 0.25) is 0 Å². The number of benzene rings is 1. The molecule has 68 valence electrons. The van der Waals surface area contributed by atoms with Crippen molar-refractivity contribution >= 4 is 12.5 Å². The third kappa shape index (κ3) is 2.99. The SMILES string of the molecule is COc1ccc(/C=C/NC=O)cc1. The molecule has 0 aliphatic heterocycles. The number of amides is 1. The molecule has 3 nitrogen and oxygen atoms in total. The maximum Gasteiger partial charge on any atom is 0.211 e. The number of hydrogen-bond donors (Lipinski definition) is 1. The van der Waals surface area contributed by atoms with Gasteiger partial charge in [0.25, 0.3) is 0 Å². The molecule has 0 atom stereocenters. The van der Waals surface area contributed by atoms with Gasteiger partial charge in [-0.2, -0.15) is 0 Å². The first-order valence-electron chi connectivity index (χ1n) is 3.87. The van der Waals surface area contributed by atoms with Gasteiger partial charge in [0.1, 0.15) is 5.75 Å². The summed E-state index contributed by atoms with van der Waals surface area (Å²) in [7, 11) is 1.62. The maximum atomic E-state index is 9.91. The summed E-state index contributed by atoms with van der Waals surface area (Å²) in [5.74, 6) is 0.820. The van der Waals surface area contributed by atoms with Crippen molar-refractivity contribution in [2.45, 2.75) is 0 Å². The molecule has 1 amide bonds. The second kappa shape index (κ2) is 4.98. The first-order chi connectivity index (χ1) is 6.36. The van der Waals surface area contributed by atoms with E-state index in [1.807, 2.05) is 24.3 Å². The molecule has 0 aliphatic rings. The molecule has 1 aromatic rings. The average molecular weight is 177 g/mol. The zero-order valence-corrected chi connectivity index (χ0v) is 7.36. The summed E-state index contributed by atoms with van der Waals surface area (Å²) in [6, 6.07) is 7.53. The largest absolute Gasteiger partial charge is 0.497 e. The molecule has 1 aromatic carbocycles. The van der Waals surface area contributed by atoms with Gasteiger partial charge in [0.05, 0.1) is 7.11 Å². The molecule has 0 aliphatic carbocycles. The van der Waals surface area contributed by atoms with Crippen LogP contribution in [0.25, 0.3) is 6.08 Å². The Morgan fingerprint density at radius 2 is 2.00 bits per heavy atom. The number of rotatable bonds is 4. The van der Waals surface area contributed by atoms with Crippen molar-refractivity contribution in [1.82, 2.24) is 5.32 Å². The highest BCUT2D eigenvalue weighted by Crippen LogP contribution is 2.11. The van der Waals surface area contributed by atoms with Crippen molar-refractivity contribution in [3.05, 3.63) is 36.0 Å². The first kappa shape index (κ1) is 9.32. The Morgan fingerprint density at radius 1 is 1.31 bits per heavy atom. The zero-order valence-electron chi connectivity index (χ0n) is 7.36. The fraction of sp³-hybridized carbons (Fsp3) is 0.100. The summed E-state index contributed by atoms with van der Waals surface area (Å²) in [6.45, 7) is 0. The van der Waals surface area contributed by atoms with Crippen molar-refractivity contribution in [2.75, 3.05) is 7.11 Å². The average Bonchev–Trinajstić information content (AvgIpc) is 2.19. The topological polar surface area (TPSA) is 38.3 Å². The van der Waals surface area contributed by atoms with Crippen LogP contribution in [0, 0.1) is 0 Å². The van der Waals surface area contributed by atoms with E-state index in [0.717, 1.165) is 11.3 Å². The smallest absolute Gasteiger partial charge is 0.211 e. The second-order valence-electron chi connectivity index (χ2n) is 2.39. The molecule has 0 saturated heterocycles. The molecule has 0 unspecified atom stereocenters. The minimum atomic E-state index is 0.625. The summed E-state index contributed by atoms with van der Waals surface area (Å²) in [5, 5.41) is 2.43. The van der Waals surface area contributed by atoms with Crippen molar-refractivity contribution in [2.24, 2.45) is 0 Å². The lowest BCUT2D eigenvalue weighted by Gasteiger charge is -1.98. The monoisotopic (exact) mass is 177 g/mol. The van der Waals surface area contributed by atoms with Crippen molar-refractivity contribution in [1.29, 1.82) is 0 Å². The molecule has 3 heteroatoms. The van der Waals surface area contributed by atoms with E-state index in [4.69, 9.17) is 4.74 Å². The lowest BCUT2D eigenvalue weighted by atomic mass is 10.2. The number of hydrogen-bond acceptors (Lipinski definition) is 2. The van der Waals surface area contributed by atoms with Crippen LogP contribution in [0.4, 0.5) is 0 Å². The van der Waals surface area contributed by atoms with Crippen LogP contribution in [0.1, 0.15) is 5.56 Å². The molecular weight excluding hydrogens is 166 g/mol. The first-order valence-corrected chi connectivity index (χ1v) is 3.87. The minimum Gasteiger partial charge on any atom is -0.497 e. The summed E-state index contributed by atoms with van der Waals surface area (Å²) in [5.41, 5.74) is 1.01. The van der Waals surface area contributed by atoms with Gasteiger partial charge in [-0.05, 0) is 23.8 Å². The lowest BCUT2D eigenvalue weighted by molar-refractivity contribution is -0.108. The van der Waals surface area contributed by atoms with Crippen LogP contribution in [-0.4, -0.2) is 13.5 Å². The molecule has 0 radical (unpaired) electrons. The number of carbonyl (C=O) groups is 1. The van der Waals surface area contributed by atoms with E-state index in [-0.39, 0.29) is 0 Å². The number of methoxy groups -OCH3 is 1. The van der Waals surface area contributed by atoms with E-state index in [2.05, 4.69) is 5.32 Å². The predicted molar refractivity (Wildman–Crippen MR) is 51.2 cm³/mol. The van der Waals surface area contributed by atoms with Gasteiger partial charge >= 0.3 is 0 Å². The van der Waals surface area contributed by atoms with Gasteiger partial charge in [0, 0.05) is 6.20 Å². The second-order valence-corrected chi connectivity index (χ2v) is 2.39. The molecule has 13 heavy (non-hydrogen) atoms. The Labute approximate surface area is 77.0 Å². The van der Waals surface area contributed by atoms with E-state index in [1.165, 1.54) is 0 Å². The van der Waals surface area contributed by atoms with Crippen LogP contribution in [-0.2, 0) is 4.79 Å². The molecule has 0 aromatic heterocycles. The maximum absolute atomic E-state index is 9.91. The summed E-state index contributed by atoms with van der Waals surface area (Å²) < 4.78 is 5.00. The summed E-state index contributed by atoms with van der Waals surface area (Å²) in [6.07, 6.45) is 4.00. The minimum absolute atomic E-state index is 0.625. The van der Waals surface area contributed by atoms with Gasteiger partial charge < -0.3 is 10.1 Å². The molecule has 0 spiro atoms. The number of carbonyl (C=O) groups excluding carboxylic acids is 1. The zero-order chi connectivity index (χ0) is 9.52. The van der Waals surface area contributed by atoms with Crippen LogP contribution >= 0.6 is 0 Å². The molecule has 0 heterocycles. The quantitative estimate of drug-likeness (QED) is 0.706. The Morgan fingerprint density at radius 3 is 2.54 bits per heavy atom. The molecule has 1 N–H and O–H groups in total. The lowest BCUT2D eigenvalue weighted by Crippen LogP contribution is -1.97. The van der Waals surface area contributed by atoms with Crippen LogP contribution in [0.3, 0.4) is 0 Å². The van der Waals surface area contributed by atoms with E-state index in [0.29, 0.717) is 6.41 Å². The van der Waals surface area contributed by atoms with E-state index in [1.54, 1.807) is 19.4 Å². The predicted octanol–water partition coefficient (Wildman–Crippen LogP) is 1.41. The van der Waals surface area contributed by atoms with E-state index >= 15 is 0 Å². The van der Waals surface area contributed by atoms with Crippen LogP contribution in [0.15, 0.2) is 30.5 Å². The Hall–Kier alpha value is -1.77. The van der Waals surface area contributed by atoms with Gasteiger partial charge in [-0.15, -0.1) is 0 Å². The summed E-state index contributed by atoms with van der Waals surface area (Å²) >= 11 is 0. The number of nitrogens with one attached hydrogen (secondary N) is 1. The Kier molecular flexibility index (Phi) is 3.57. The van der Waals surface area contributed by atoms with Gasteiger partial charge in [-0.25, -0.2) is 0 Å². The van der Waals surface area contributed by atoms with Gasteiger partial charge in [0.15, 0.2) is 0 Å². The molecular formula is C10H11NO2. The summed E-state index contributed by atoms with van der Waals surface area (Å²) in [4.78, 5) is 9.91. The normalized spacial score (nSPS) is 9.92. The third-order valence-electron chi connectivity index (χ3n) is 1.56. The molecule has 0 saturated carbocycles. The standard InChI is InChI=1S/C10H11NO2/c1-13-10-4-2-9(3-5-10)6-7-11-8-12/h2-8H,1H3,(H,11,12)/b7-6+. The van der Waals surface area contributed by atoms with Crippen molar-refractivity contribution in [3.63, 3.8) is 0 Å². The highest BCUT2D eigenvalue weighted by molar-refractivity contribution is 5.55.